The number of rotatable bonds is 28. The summed E-state index contributed by atoms with van der Waals surface area (Å²) in [5.74, 6) is -0.0584. The Hall–Kier alpha value is -0.700. The van der Waals surface area contributed by atoms with Gasteiger partial charge in [-0.25, -0.2) is 0 Å². The molecular weight excluding hydrogens is 576 g/mol. The number of halogens is 1. The van der Waals surface area contributed by atoms with Crippen molar-refractivity contribution in [2.24, 2.45) is 5.73 Å². The molecule has 1 fully saturated rings. The monoisotopic (exact) mass is 647 g/mol. The number of ether oxygens (including phenoxy) is 1. The Balaban J connectivity index is 0.0000185. The molecule has 1 heterocycles. The molecule has 0 bridgehead atoms. The standard InChI is InChI=1S/C36H70N2O5.ClH/c1-3-5-7-9-11-13-15-16-17-18-19-20-22-24-26-28-32(39)38(29-27-25-23-21-14-12-10-8-6-4-2)36-35(42)34(41)33(40)31(30-37)43-36;/h16-17,31,33-36,40-42H,3-15,18-30,37H2,1-2H3;1H/b17-16-;/t31-,33-,34+,35-,36-;/m1./s1. The number of nitrogens with zero attached hydrogens (tertiary/aromatic N) is 1. The number of hydrogen-bond donors (Lipinski definition) is 4. The van der Waals surface area contributed by atoms with Crippen molar-refractivity contribution < 1.29 is 24.9 Å². The van der Waals surface area contributed by atoms with E-state index in [2.05, 4.69) is 26.0 Å². The minimum atomic E-state index is -1.39. The summed E-state index contributed by atoms with van der Waals surface area (Å²) in [7, 11) is 0. The van der Waals surface area contributed by atoms with Crippen LogP contribution in [0.15, 0.2) is 12.2 Å². The molecule has 1 saturated heterocycles. The predicted molar refractivity (Wildman–Crippen MR) is 186 cm³/mol. The first-order valence-electron chi connectivity index (χ1n) is 18.3. The van der Waals surface area contributed by atoms with Crippen molar-refractivity contribution in [3.8, 4) is 0 Å². The fourth-order valence-corrected chi connectivity index (χ4v) is 6.04. The number of unbranched alkanes of at least 4 members (excludes halogenated alkanes) is 20. The number of nitrogens with two attached hydrogens (primary N) is 1. The van der Waals surface area contributed by atoms with Crippen LogP contribution in [0.1, 0.15) is 168 Å². The zero-order chi connectivity index (χ0) is 31.5. The highest BCUT2D eigenvalue weighted by molar-refractivity contribution is 5.85. The van der Waals surface area contributed by atoms with Crippen LogP contribution >= 0.6 is 12.4 Å². The van der Waals surface area contributed by atoms with Gasteiger partial charge in [-0.05, 0) is 38.5 Å². The van der Waals surface area contributed by atoms with E-state index in [1.165, 1.54) is 103 Å². The van der Waals surface area contributed by atoms with Crippen LogP contribution in [0.4, 0.5) is 0 Å². The zero-order valence-corrected chi connectivity index (χ0v) is 29.3. The van der Waals surface area contributed by atoms with Gasteiger partial charge in [0.2, 0.25) is 5.91 Å². The molecule has 0 unspecified atom stereocenters. The van der Waals surface area contributed by atoms with E-state index in [1.807, 2.05) is 0 Å². The van der Waals surface area contributed by atoms with E-state index in [9.17, 15) is 20.1 Å². The van der Waals surface area contributed by atoms with E-state index in [0.29, 0.717) is 13.0 Å². The number of allylic oxidation sites excluding steroid dienone is 2. The summed E-state index contributed by atoms with van der Waals surface area (Å²) in [6.45, 7) is 4.98. The third-order valence-corrected chi connectivity index (χ3v) is 8.95. The molecule has 0 spiro atoms. The first-order chi connectivity index (χ1) is 21.0. The minimum Gasteiger partial charge on any atom is -0.388 e. The van der Waals surface area contributed by atoms with Crippen LogP contribution in [-0.4, -0.2) is 69.9 Å². The lowest BCUT2D eigenvalue weighted by Gasteiger charge is -2.45. The molecular formula is C36H71ClN2O5. The van der Waals surface area contributed by atoms with Crippen LogP contribution in [0.25, 0.3) is 0 Å². The third kappa shape index (κ3) is 19.7. The van der Waals surface area contributed by atoms with Crippen LogP contribution in [-0.2, 0) is 9.53 Å². The van der Waals surface area contributed by atoms with Crippen LogP contribution in [0.3, 0.4) is 0 Å². The molecule has 262 valence electrons. The normalized spacial score (nSPS) is 21.9. The topological polar surface area (TPSA) is 116 Å². The van der Waals surface area contributed by atoms with Crippen molar-refractivity contribution in [2.75, 3.05) is 13.1 Å². The Kier molecular flexibility index (Phi) is 29.2. The van der Waals surface area contributed by atoms with Crippen molar-refractivity contribution >= 4 is 18.3 Å². The zero-order valence-electron chi connectivity index (χ0n) is 28.5. The summed E-state index contributed by atoms with van der Waals surface area (Å²) in [4.78, 5) is 14.9. The van der Waals surface area contributed by atoms with Gasteiger partial charge in [0.05, 0.1) is 0 Å². The molecule has 0 radical (unpaired) electrons. The Morgan fingerprint density at radius 1 is 0.636 bits per heavy atom. The van der Waals surface area contributed by atoms with Gasteiger partial charge in [-0.1, -0.05) is 135 Å². The lowest BCUT2D eigenvalue weighted by atomic mass is 9.97. The summed E-state index contributed by atoms with van der Waals surface area (Å²) in [6, 6.07) is 0. The molecule has 5 N–H and O–H groups in total. The third-order valence-electron chi connectivity index (χ3n) is 8.95. The molecule has 0 aromatic carbocycles. The van der Waals surface area contributed by atoms with Gasteiger partial charge in [-0.3, -0.25) is 4.79 Å². The molecule has 8 heteroatoms. The van der Waals surface area contributed by atoms with Gasteiger partial charge in [0, 0.05) is 19.5 Å². The summed E-state index contributed by atoms with van der Waals surface area (Å²) in [6.07, 6.45) is 26.9. The second kappa shape index (κ2) is 29.7. The van der Waals surface area contributed by atoms with Crippen molar-refractivity contribution in [3.63, 3.8) is 0 Å². The molecule has 7 nitrogen and oxygen atoms in total. The second-order valence-corrected chi connectivity index (χ2v) is 12.9. The Morgan fingerprint density at radius 2 is 1.07 bits per heavy atom. The van der Waals surface area contributed by atoms with E-state index in [4.69, 9.17) is 10.5 Å². The molecule has 1 rings (SSSR count). The van der Waals surface area contributed by atoms with E-state index in [0.717, 1.165) is 44.9 Å². The predicted octanol–water partition coefficient (Wildman–Crippen LogP) is 7.96. The number of amides is 1. The Labute approximate surface area is 277 Å². The Morgan fingerprint density at radius 3 is 1.55 bits per heavy atom. The average molecular weight is 647 g/mol. The number of carbonyl (C=O) groups is 1. The molecule has 0 aromatic heterocycles. The number of hydrogen-bond acceptors (Lipinski definition) is 6. The Bertz CT molecular complexity index is 681. The smallest absolute Gasteiger partial charge is 0.224 e. The van der Waals surface area contributed by atoms with Gasteiger partial charge < -0.3 is 30.7 Å². The maximum absolute atomic E-state index is 13.3. The number of aliphatic hydroxyl groups is 3. The summed E-state index contributed by atoms with van der Waals surface area (Å²) in [5, 5.41) is 31.4. The van der Waals surface area contributed by atoms with Crippen molar-refractivity contribution in [1.29, 1.82) is 0 Å². The van der Waals surface area contributed by atoms with Gasteiger partial charge in [-0.2, -0.15) is 0 Å². The lowest BCUT2D eigenvalue weighted by molar-refractivity contribution is -0.254. The molecule has 0 saturated carbocycles. The van der Waals surface area contributed by atoms with Crippen LogP contribution < -0.4 is 5.73 Å². The van der Waals surface area contributed by atoms with Gasteiger partial charge in [-0.15, -0.1) is 12.4 Å². The van der Waals surface area contributed by atoms with E-state index in [1.54, 1.807) is 4.90 Å². The van der Waals surface area contributed by atoms with Crippen LogP contribution in [0.2, 0.25) is 0 Å². The highest BCUT2D eigenvalue weighted by Gasteiger charge is 2.46. The number of aliphatic hydroxyl groups excluding tert-OH is 3. The first-order valence-corrected chi connectivity index (χ1v) is 18.3. The molecule has 0 aromatic rings. The first kappa shape index (κ1) is 43.3. The average Bonchev–Trinajstić information content (AvgIpc) is 3.01. The summed E-state index contributed by atoms with van der Waals surface area (Å²) >= 11 is 0. The summed E-state index contributed by atoms with van der Waals surface area (Å²) < 4.78 is 5.90. The van der Waals surface area contributed by atoms with Crippen LogP contribution in [0, 0.1) is 0 Å². The van der Waals surface area contributed by atoms with E-state index >= 15 is 0 Å². The van der Waals surface area contributed by atoms with Crippen molar-refractivity contribution in [3.05, 3.63) is 12.2 Å². The number of carbonyl (C=O) groups excluding carboxylic acids is 1. The van der Waals surface area contributed by atoms with Crippen molar-refractivity contribution in [2.45, 2.75) is 199 Å². The SMILES string of the molecule is CCCCCCCC/C=C\CCCCCCCC(=O)N(CCCCCCCCCCCC)[C@@H]1O[C@H](CN)[C@@H](O)[C@H](O)[C@H]1O.Cl. The maximum Gasteiger partial charge on any atom is 0.224 e. The minimum absolute atomic E-state index is 0. The lowest BCUT2D eigenvalue weighted by Crippen LogP contribution is -2.64. The fraction of sp³-hybridized carbons (Fsp3) is 0.917. The molecule has 5 atom stereocenters. The highest BCUT2D eigenvalue weighted by atomic mass is 35.5. The molecule has 1 aliphatic rings. The van der Waals surface area contributed by atoms with E-state index < -0.39 is 30.6 Å². The molecule has 44 heavy (non-hydrogen) atoms. The van der Waals surface area contributed by atoms with Crippen molar-refractivity contribution in [1.82, 2.24) is 4.90 Å². The van der Waals surface area contributed by atoms with Gasteiger partial charge in [0.15, 0.2) is 6.23 Å². The fourth-order valence-electron chi connectivity index (χ4n) is 6.04. The largest absolute Gasteiger partial charge is 0.388 e. The second-order valence-electron chi connectivity index (χ2n) is 12.9. The highest BCUT2D eigenvalue weighted by Crippen LogP contribution is 2.25. The summed E-state index contributed by atoms with van der Waals surface area (Å²) in [5.41, 5.74) is 5.76. The molecule has 0 aliphatic carbocycles. The van der Waals surface area contributed by atoms with E-state index in [-0.39, 0.29) is 24.9 Å². The quantitative estimate of drug-likeness (QED) is 0.0506. The van der Waals surface area contributed by atoms with Crippen LogP contribution in [0.5, 0.6) is 0 Å². The maximum atomic E-state index is 13.3. The molecule has 1 amide bonds. The van der Waals surface area contributed by atoms with Gasteiger partial charge >= 0.3 is 0 Å². The van der Waals surface area contributed by atoms with Gasteiger partial charge in [0.25, 0.3) is 0 Å². The molecule has 1 aliphatic heterocycles. The van der Waals surface area contributed by atoms with Gasteiger partial charge in [0.1, 0.15) is 24.4 Å².